The summed E-state index contributed by atoms with van der Waals surface area (Å²) in [5.41, 5.74) is 4.20. The molecule has 11 nitrogen and oxygen atoms in total. The summed E-state index contributed by atoms with van der Waals surface area (Å²) < 4.78 is 0. The summed E-state index contributed by atoms with van der Waals surface area (Å²) in [5.74, 6) is -7.46. The van der Waals surface area contributed by atoms with Crippen LogP contribution in [0.1, 0.15) is 43.9 Å². The number of aliphatic hydroxyl groups excluding tert-OH is 2. The molecule has 0 heterocycles. The van der Waals surface area contributed by atoms with Crippen LogP contribution in [-0.2, 0) is 25.6 Å². The van der Waals surface area contributed by atoms with Gasteiger partial charge in [-0.25, -0.2) is 0 Å². The van der Waals surface area contributed by atoms with E-state index in [1.54, 1.807) is 32.0 Å². The number of likely N-dealkylation sites (N-methyl/N-ethyl adjacent to an activating group) is 1. The molecule has 0 bridgehead atoms. The third-order valence-corrected chi connectivity index (χ3v) is 7.97. The van der Waals surface area contributed by atoms with Crippen molar-refractivity contribution in [2.45, 2.75) is 51.4 Å². The monoisotopic (exact) mass is 529 g/mol. The molecule has 3 aliphatic carbocycles. The molecule has 4 rings (SSSR count). The number of amides is 1. The van der Waals surface area contributed by atoms with Gasteiger partial charge < -0.3 is 35.9 Å². The van der Waals surface area contributed by atoms with Gasteiger partial charge in [-0.2, -0.15) is 0 Å². The number of aliphatic hydroxyl groups is 3. The largest absolute Gasteiger partial charge is 0.507 e. The van der Waals surface area contributed by atoms with Crippen LogP contribution in [0.15, 0.2) is 22.9 Å². The number of nitrogens with two attached hydrogens (primary N) is 1. The predicted octanol–water partition coefficient (Wildman–Crippen LogP) is 0.526. The van der Waals surface area contributed by atoms with E-state index in [2.05, 4.69) is 5.16 Å². The fraction of sp³-hybridized carbons (Fsp3) is 0.556. The van der Waals surface area contributed by atoms with E-state index >= 15 is 0 Å². The summed E-state index contributed by atoms with van der Waals surface area (Å²) in [6.07, 6.45) is -1.29. The maximum Gasteiger partial charge on any atom is 0.230 e. The van der Waals surface area contributed by atoms with Crippen LogP contribution in [0.4, 0.5) is 0 Å². The van der Waals surface area contributed by atoms with Crippen LogP contribution in [0, 0.1) is 23.7 Å². The minimum atomic E-state index is -2.68. The van der Waals surface area contributed by atoms with E-state index in [9.17, 15) is 34.8 Å². The topological polar surface area (TPSA) is 183 Å². The van der Waals surface area contributed by atoms with Gasteiger partial charge >= 0.3 is 0 Å². The zero-order chi connectivity index (χ0) is 28.3. The Balaban J connectivity index is 1.86. The number of Topliss-reactive ketones (excluding diaryl/α,β-unsaturated/α-hetero) is 2. The van der Waals surface area contributed by atoms with Gasteiger partial charge in [0.1, 0.15) is 24.0 Å². The molecular formula is C27H35N3O8. The van der Waals surface area contributed by atoms with E-state index in [1.165, 1.54) is 6.07 Å². The molecule has 0 spiro atoms. The molecule has 2 fully saturated rings. The van der Waals surface area contributed by atoms with E-state index in [4.69, 9.17) is 10.6 Å². The maximum atomic E-state index is 13.9. The molecule has 0 aliphatic heterocycles. The normalized spacial score (nSPS) is 31.3. The van der Waals surface area contributed by atoms with Gasteiger partial charge in [-0.3, -0.25) is 14.4 Å². The smallest absolute Gasteiger partial charge is 0.230 e. The highest BCUT2D eigenvalue weighted by molar-refractivity contribution is 6.25. The number of carbonyl (C=O) groups is 3. The van der Waals surface area contributed by atoms with E-state index in [-0.39, 0.29) is 35.6 Å². The van der Waals surface area contributed by atoms with E-state index < -0.39 is 58.7 Å². The molecule has 6 atom stereocenters. The van der Waals surface area contributed by atoms with E-state index in [0.29, 0.717) is 23.4 Å². The third-order valence-electron chi connectivity index (χ3n) is 7.97. The molecule has 0 saturated heterocycles. The molecule has 2 saturated carbocycles. The van der Waals surface area contributed by atoms with Gasteiger partial charge in [0.25, 0.3) is 0 Å². The summed E-state index contributed by atoms with van der Waals surface area (Å²) >= 11 is 0. The van der Waals surface area contributed by atoms with Crippen molar-refractivity contribution in [3.8, 4) is 5.75 Å². The fourth-order valence-corrected chi connectivity index (χ4v) is 6.28. The number of ketones is 2. The average Bonchev–Trinajstić information content (AvgIpc) is 2.80. The van der Waals surface area contributed by atoms with E-state index in [1.807, 2.05) is 13.8 Å². The van der Waals surface area contributed by atoms with Crippen LogP contribution in [-0.4, -0.2) is 87.0 Å². The Hall–Kier alpha value is -3.28. The Kier molecular flexibility index (Phi) is 7.15. The molecule has 1 aromatic rings. The first-order valence-corrected chi connectivity index (χ1v) is 12.6. The first-order valence-electron chi connectivity index (χ1n) is 12.6. The molecule has 3 aliphatic rings. The summed E-state index contributed by atoms with van der Waals surface area (Å²) in [7, 11) is 3.22. The first-order chi connectivity index (χ1) is 17.7. The Bertz CT molecular complexity index is 1250. The minimum Gasteiger partial charge on any atom is -0.507 e. The van der Waals surface area contributed by atoms with Gasteiger partial charge in [-0.15, -0.1) is 0 Å². The molecule has 11 heteroatoms. The number of primary amides is 1. The Morgan fingerprint density at radius 1 is 1.26 bits per heavy atom. The van der Waals surface area contributed by atoms with Crippen molar-refractivity contribution in [3.05, 3.63) is 34.4 Å². The van der Waals surface area contributed by atoms with Gasteiger partial charge in [-0.1, -0.05) is 19.0 Å². The molecule has 0 aromatic heterocycles. The Labute approximate surface area is 220 Å². The van der Waals surface area contributed by atoms with Gasteiger partial charge in [0.05, 0.1) is 17.4 Å². The Morgan fingerprint density at radius 2 is 1.92 bits per heavy atom. The van der Waals surface area contributed by atoms with Crippen LogP contribution in [0.5, 0.6) is 5.75 Å². The van der Waals surface area contributed by atoms with Crippen LogP contribution < -0.4 is 5.73 Å². The lowest BCUT2D eigenvalue weighted by Crippen LogP contribution is -2.73. The first kappa shape index (κ1) is 27.7. The molecule has 206 valence electrons. The molecule has 38 heavy (non-hydrogen) atoms. The van der Waals surface area contributed by atoms with Gasteiger partial charge in [0, 0.05) is 23.1 Å². The van der Waals surface area contributed by atoms with Crippen molar-refractivity contribution in [1.82, 2.24) is 4.90 Å². The summed E-state index contributed by atoms with van der Waals surface area (Å²) in [6.45, 7) is 6.10. The van der Waals surface area contributed by atoms with Crippen LogP contribution in [0.25, 0.3) is 5.76 Å². The van der Waals surface area contributed by atoms with Crippen LogP contribution in [0.2, 0.25) is 0 Å². The zero-order valence-electron chi connectivity index (χ0n) is 22.1. The fourth-order valence-electron chi connectivity index (χ4n) is 6.28. The van der Waals surface area contributed by atoms with Crippen LogP contribution >= 0.6 is 0 Å². The van der Waals surface area contributed by atoms with Crippen molar-refractivity contribution in [2.75, 3.05) is 20.7 Å². The summed E-state index contributed by atoms with van der Waals surface area (Å²) in [6, 6.07) is 2.07. The number of carbonyl (C=O) groups excluding carboxylic acids is 3. The second-order valence-electron chi connectivity index (χ2n) is 11.1. The van der Waals surface area contributed by atoms with Crippen molar-refractivity contribution in [3.63, 3.8) is 0 Å². The third kappa shape index (κ3) is 4.09. The lowest BCUT2D eigenvalue weighted by atomic mass is 9.54. The average molecular weight is 530 g/mol. The molecule has 6 N–H and O–H groups in total. The lowest BCUT2D eigenvalue weighted by Gasteiger charge is -2.53. The highest BCUT2D eigenvalue weighted by Gasteiger charge is 2.67. The summed E-state index contributed by atoms with van der Waals surface area (Å²) in [4.78, 5) is 46.3. The number of hydrogen-bond acceptors (Lipinski definition) is 10. The quantitative estimate of drug-likeness (QED) is 0.199. The number of aromatic hydroxyl groups is 1. The highest BCUT2D eigenvalue weighted by atomic mass is 16.6. The molecule has 0 radical (unpaired) electrons. The highest BCUT2D eigenvalue weighted by Crippen LogP contribution is 2.52. The van der Waals surface area contributed by atoms with E-state index in [0.717, 1.165) is 0 Å². The van der Waals surface area contributed by atoms with Gasteiger partial charge in [-0.05, 0) is 63.4 Å². The van der Waals surface area contributed by atoms with Crippen molar-refractivity contribution >= 4 is 28.9 Å². The number of phenols is 1. The molecule has 1 amide bonds. The zero-order valence-corrected chi connectivity index (χ0v) is 22.1. The number of oxime groups is 1. The second kappa shape index (κ2) is 9.79. The SMILES string of the molecule is C/C(=N/OCC(C)C)c1ccc(O)c2c1C[C@H]1C[C@H]3[C@H](N(C)C)C(O)C(C(N)=O)C(=O)[C@@]3(O)C(=O)C1=C2O. The number of benzene rings is 1. The van der Waals surface area contributed by atoms with Crippen LogP contribution in [0.3, 0.4) is 0 Å². The number of phenolic OH excluding ortho intramolecular Hbond substituents is 1. The molecule has 1 aromatic carbocycles. The van der Waals surface area contributed by atoms with Gasteiger partial charge in [0.2, 0.25) is 11.7 Å². The van der Waals surface area contributed by atoms with Gasteiger partial charge in [0.15, 0.2) is 11.4 Å². The maximum absolute atomic E-state index is 13.9. The molecule has 2 unspecified atom stereocenters. The standard InChI is InChI=1S/C27H35N3O8/c1-11(2)10-38-29-12(3)14-6-7-17(31)19-15(14)8-13-9-16-21(30(4)5)23(33)20(26(28)36)25(35)27(16,37)24(34)18(13)22(19)32/h6-7,11,13,16,20-21,23,31-33,37H,8-10H2,1-5H3,(H2,28,36)/b29-12-/t13-,16-,20?,21-,23?,27-/m0/s1. The second-order valence-corrected chi connectivity index (χ2v) is 11.1. The van der Waals surface area contributed by atoms with Crippen molar-refractivity contribution < 1.29 is 39.6 Å². The number of hydrogen-bond donors (Lipinski definition) is 5. The predicted molar refractivity (Wildman–Crippen MR) is 137 cm³/mol. The number of rotatable bonds is 6. The number of nitrogens with zero attached hydrogens (tertiary/aromatic N) is 2. The lowest BCUT2D eigenvalue weighted by molar-refractivity contribution is -0.184. The van der Waals surface area contributed by atoms with Crippen molar-refractivity contribution in [1.29, 1.82) is 0 Å². The van der Waals surface area contributed by atoms with Crippen molar-refractivity contribution in [2.24, 2.45) is 34.6 Å². The minimum absolute atomic E-state index is 0.0152. The summed E-state index contributed by atoms with van der Waals surface area (Å²) in [5, 5.41) is 48.8. The number of fused-ring (bicyclic) bond motifs is 3. The Morgan fingerprint density at radius 3 is 2.50 bits per heavy atom. The molecular weight excluding hydrogens is 494 g/mol.